The molecule has 0 saturated heterocycles. The standard InChI is InChI=1S/C17H16ClNO2/c1-2-19(15-6-4-3-5-7-15)16-10-9-14(18)12-13(16)8-11-17(20)21/h3-12H,2H2,1H3,(H,20,21)/b11-8+. The Morgan fingerprint density at radius 3 is 2.57 bits per heavy atom. The van der Waals surface area contributed by atoms with E-state index in [2.05, 4.69) is 4.90 Å². The quantitative estimate of drug-likeness (QED) is 0.821. The number of halogens is 1. The molecule has 108 valence electrons. The van der Waals surface area contributed by atoms with Crippen molar-refractivity contribution in [3.63, 3.8) is 0 Å². The number of aliphatic carboxylic acids is 1. The molecule has 0 aliphatic heterocycles. The van der Waals surface area contributed by atoms with E-state index >= 15 is 0 Å². The molecular weight excluding hydrogens is 286 g/mol. The average Bonchev–Trinajstić information content (AvgIpc) is 2.48. The zero-order chi connectivity index (χ0) is 15.2. The number of hydrogen-bond acceptors (Lipinski definition) is 2. The van der Waals surface area contributed by atoms with Gasteiger partial charge in [-0.2, -0.15) is 0 Å². The van der Waals surface area contributed by atoms with Gasteiger partial charge in [0.15, 0.2) is 0 Å². The van der Waals surface area contributed by atoms with Crippen LogP contribution in [0.1, 0.15) is 12.5 Å². The Bertz CT molecular complexity index is 653. The fourth-order valence-electron chi connectivity index (χ4n) is 2.17. The smallest absolute Gasteiger partial charge is 0.328 e. The maximum absolute atomic E-state index is 10.7. The van der Waals surface area contributed by atoms with Gasteiger partial charge >= 0.3 is 5.97 Å². The van der Waals surface area contributed by atoms with Gasteiger partial charge in [-0.25, -0.2) is 4.79 Å². The molecule has 0 spiro atoms. The SMILES string of the molecule is CCN(c1ccccc1)c1ccc(Cl)cc1/C=C/C(=O)O. The molecule has 0 fully saturated rings. The highest BCUT2D eigenvalue weighted by molar-refractivity contribution is 6.30. The lowest BCUT2D eigenvalue weighted by Gasteiger charge is -2.25. The number of benzene rings is 2. The highest BCUT2D eigenvalue weighted by atomic mass is 35.5. The summed E-state index contributed by atoms with van der Waals surface area (Å²) in [6.07, 6.45) is 2.68. The first kappa shape index (κ1) is 15.1. The predicted octanol–water partition coefficient (Wildman–Crippen LogP) is 4.60. The molecule has 0 unspecified atom stereocenters. The van der Waals surface area contributed by atoms with Gasteiger partial charge in [0.1, 0.15) is 0 Å². The summed E-state index contributed by atoms with van der Waals surface area (Å²) in [6.45, 7) is 2.81. The number of carboxylic acids is 1. The van der Waals surface area contributed by atoms with E-state index in [0.29, 0.717) is 5.02 Å². The summed E-state index contributed by atoms with van der Waals surface area (Å²) in [5.74, 6) is -0.983. The number of rotatable bonds is 5. The number of para-hydroxylation sites is 1. The second kappa shape index (κ2) is 6.95. The van der Waals surface area contributed by atoms with Crippen LogP contribution in [0.2, 0.25) is 5.02 Å². The van der Waals surface area contributed by atoms with Gasteiger partial charge in [-0.15, -0.1) is 0 Å². The molecule has 0 atom stereocenters. The van der Waals surface area contributed by atoms with Crippen LogP contribution in [-0.4, -0.2) is 17.6 Å². The van der Waals surface area contributed by atoms with Crippen LogP contribution < -0.4 is 4.90 Å². The highest BCUT2D eigenvalue weighted by Crippen LogP contribution is 2.31. The van der Waals surface area contributed by atoms with Crippen LogP contribution in [0.25, 0.3) is 6.08 Å². The maximum Gasteiger partial charge on any atom is 0.328 e. The van der Waals surface area contributed by atoms with Gasteiger partial charge in [0.05, 0.1) is 0 Å². The Kier molecular flexibility index (Phi) is 5.01. The summed E-state index contributed by atoms with van der Waals surface area (Å²) in [5, 5.41) is 9.39. The first-order valence-electron chi connectivity index (χ1n) is 6.65. The van der Waals surface area contributed by atoms with Crippen molar-refractivity contribution >= 4 is 35.0 Å². The third kappa shape index (κ3) is 3.86. The fourth-order valence-corrected chi connectivity index (χ4v) is 2.35. The Hall–Kier alpha value is -2.26. The van der Waals surface area contributed by atoms with Crippen LogP contribution in [0, 0.1) is 0 Å². The minimum atomic E-state index is -0.983. The molecule has 3 nitrogen and oxygen atoms in total. The second-order valence-electron chi connectivity index (χ2n) is 4.45. The molecule has 0 radical (unpaired) electrons. The minimum Gasteiger partial charge on any atom is -0.478 e. The van der Waals surface area contributed by atoms with Crippen molar-refractivity contribution in [1.82, 2.24) is 0 Å². The summed E-state index contributed by atoms with van der Waals surface area (Å²) in [6, 6.07) is 15.4. The van der Waals surface area contributed by atoms with E-state index in [4.69, 9.17) is 16.7 Å². The summed E-state index contributed by atoms with van der Waals surface area (Å²) in [5.41, 5.74) is 2.74. The van der Waals surface area contributed by atoms with Gasteiger partial charge in [0.2, 0.25) is 0 Å². The lowest BCUT2D eigenvalue weighted by Crippen LogP contribution is -2.16. The molecule has 2 aromatic rings. The van der Waals surface area contributed by atoms with Crippen molar-refractivity contribution < 1.29 is 9.90 Å². The molecule has 4 heteroatoms. The van der Waals surface area contributed by atoms with Crippen LogP contribution >= 0.6 is 11.6 Å². The maximum atomic E-state index is 10.7. The largest absolute Gasteiger partial charge is 0.478 e. The van der Waals surface area contributed by atoms with E-state index in [-0.39, 0.29) is 0 Å². The van der Waals surface area contributed by atoms with Crippen LogP contribution in [0.4, 0.5) is 11.4 Å². The van der Waals surface area contributed by atoms with Gasteiger partial charge in [-0.05, 0) is 48.9 Å². The van der Waals surface area contributed by atoms with Crippen molar-refractivity contribution in [2.24, 2.45) is 0 Å². The lowest BCUT2D eigenvalue weighted by molar-refractivity contribution is -0.131. The van der Waals surface area contributed by atoms with Gasteiger partial charge in [0.25, 0.3) is 0 Å². The lowest BCUT2D eigenvalue weighted by atomic mass is 10.1. The van der Waals surface area contributed by atoms with Crippen LogP contribution in [0.3, 0.4) is 0 Å². The zero-order valence-corrected chi connectivity index (χ0v) is 12.4. The molecule has 0 bridgehead atoms. The van der Waals surface area contributed by atoms with Gasteiger partial charge in [-0.3, -0.25) is 0 Å². The van der Waals surface area contributed by atoms with Gasteiger partial charge in [0, 0.05) is 29.0 Å². The van der Waals surface area contributed by atoms with Crippen molar-refractivity contribution in [2.45, 2.75) is 6.92 Å². The third-order valence-corrected chi connectivity index (χ3v) is 3.31. The molecule has 2 aromatic carbocycles. The first-order valence-corrected chi connectivity index (χ1v) is 7.02. The molecule has 0 heterocycles. The Labute approximate surface area is 129 Å². The molecule has 0 aliphatic rings. The fraction of sp³-hybridized carbons (Fsp3) is 0.118. The Morgan fingerprint density at radius 1 is 1.24 bits per heavy atom. The van der Waals surface area contributed by atoms with Crippen molar-refractivity contribution in [2.75, 3.05) is 11.4 Å². The predicted molar refractivity (Wildman–Crippen MR) is 87.2 cm³/mol. The average molecular weight is 302 g/mol. The van der Waals surface area contributed by atoms with Crippen molar-refractivity contribution in [3.8, 4) is 0 Å². The van der Waals surface area contributed by atoms with Gasteiger partial charge < -0.3 is 10.0 Å². The summed E-state index contributed by atoms with van der Waals surface area (Å²) >= 11 is 6.03. The van der Waals surface area contributed by atoms with Crippen molar-refractivity contribution in [3.05, 3.63) is 65.2 Å². The highest BCUT2D eigenvalue weighted by Gasteiger charge is 2.11. The summed E-state index contributed by atoms with van der Waals surface area (Å²) in [4.78, 5) is 12.9. The van der Waals surface area contributed by atoms with E-state index in [1.807, 2.05) is 43.3 Å². The molecule has 21 heavy (non-hydrogen) atoms. The van der Waals surface area contributed by atoms with Crippen LogP contribution in [0.5, 0.6) is 0 Å². The molecule has 0 aromatic heterocycles. The Morgan fingerprint density at radius 2 is 1.95 bits per heavy atom. The molecule has 0 aliphatic carbocycles. The van der Waals surface area contributed by atoms with Crippen molar-refractivity contribution in [1.29, 1.82) is 0 Å². The van der Waals surface area contributed by atoms with E-state index in [9.17, 15) is 4.79 Å². The minimum absolute atomic E-state index is 0.577. The monoisotopic (exact) mass is 301 g/mol. The van der Waals surface area contributed by atoms with Gasteiger partial charge in [-0.1, -0.05) is 29.8 Å². The molecule has 2 rings (SSSR count). The summed E-state index contributed by atoms with van der Waals surface area (Å²) in [7, 11) is 0. The normalized spacial score (nSPS) is 10.8. The topological polar surface area (TPSA) is 40.5 Å². The van der Waals surface area contributed by atoms with E-state index in [1.54, 1.807) is 18.2 Å². The summed E-state index contributed by atoms with van der Waals surface area (Å²) < 4.78 is 0. The third-order valence-electron chi connectivity index (χ3n) is 3.07. The molecule has 1 N–H and O–H groups in total. The zero-order valence-electron chi connectivity index (χ0n) is 11.7. The van der Waals surface area contributed by atoms with E-state index in [1.165, 1.54) is 0 Å². The number of carboxylic acid groups (broad SMARTS) is 1. The van der Waals surface area contributed by atoms with Crippen LogP contribution in [0.15, 0.2) is 54.6 Å². The molecule has 0 saturated carbocycles. The number of carbonyl (C=O) groups is 1. The Balaban J connectivity index is 2.48. The number of anilines is 2. The molecular formula is C17H16ClNO2. The van der Waals surface area contributed by atoms with E-state index < -0.39 is 5.97 Å². The van der Waals surface area contributed by atoms with E-state index in [0.717, 1.165) is 29.6 Å². The number of hydrogen-bond donors (Lipinski definition) is 1. The number of nitrogens with zero attached hydrogens (tertiary/aromatic N) is 1. The second-order valence-corrected chi connectivity index (χ2v) is 4.89. The first-order chi connectivity index (χ1) is 10.1. The molecule has 0 amide bonds. The van der Waals surface area contributed by atoms with Crippen LogP contribution in [-0.2, 0) is 4.79 Å².